The van der Waals surface area contributed by atoms with E-state index in [4.69, 9.17) is 11.6 Å². The number of rotatable bonds is 3. The van der Waals surface area contributed by atoms with Crippen molar-refractivity contribution in [2.24, 2.45) is 0 Å². The summed E-state index contributed by atoms with van der Waals surface area (Å²) in [5, 5.41) is 2.65. The summed E-state index contributed by atoms with van der Waals surface area (Å²) in [6.07, 6.45) is -4.61. The van der Waals surface area contributed by atoms with Crippen LogP contribution in [0.1, 0.15) is 18.5 Å². The fraction of sp³-hybridized carbons (Fsp3) is 0.333. The van der Waals surface area contributed by atoms with Gasteiger partial charge in [-0.3, -0.25) is 4.90 Å². The van der Waals surface area contributed by atoms with E-state index >= 15 is 0 Å². The van der Waals surface area contributed by atoms with Crippen LogP contribution in [0.25, 0.3) is 0 Å². The molecule has 0 fully saturated rings. The summed E-state index contributed by atoms with van der Waals surface area (Å²) in [5.41, 5.74) is 0.154. The van der Waals surface area contributed by atoms with Crippen molar-refractivity contribution in [1.82, 2.24) is 10.2 Å². The Kier molecular flexibility index (Phi) is 5.08. The number of esters is 1. The molecular formula is C15H14ClF3N2O3. The molecule has 5 nitrogen and oxygen atoms in total. The van der Waals surface area contributed by atoms with Crippen LogP contribution in [0.4, 0.5) is 18.0 Å². The minimum Gasteiger partial charge on any atom is -0.466 e. The molecule has 0 spiro atoms. The van der Waals surface area contributed by atoms with Gasteiger partial charge in [0.2, 0.25) is 0 Å². The van der Waals surface area contributed by atoms with E-state index in [-0.39, 0.29) is 16.3 Å². The van der Waals surface area contributed by atoms with E-state index in [1.54, 1.807) is 24.3 Å². The number of urea groups is 1. The summed E-state index contributed by atoms with van der Waals surface area (Å²) >= 11 is 6.09. The van der Waals surface area contributed by atoms with Gasteiger partial charge in [-0.05, 0) is 18.6 Å². The molecule has 1 aliphatic heterocycles. The zero-order valence-electron chi connectivity index (χ0n) is 12.8. The molecule has 9 heteroatoms. The number of carbonyl (C=O) groups excluding carboxylic acids is 2. The molecule has 0 unspecified atom stereocenters. The number of alkyl halides is 3. The highest BCUT2D eigenvalue weighted by molar-refractivity contribution is 6.31. The van der Waals surface area contributed by atoms with Crippen molar-refractivity contribution in [3.05, 3.63) is 46.1 Å². The Balaban J connectivity index is 2.56. The number of amides is 2. The summed E-state index contributed by atoms with van der Waals surface area (Å²) in [6, 6.07) is 4.45. The van der Waals surface area contributed by atoms with Gasteiger partial charge in [0.15, 0.2) is 0 Å². The monoisotopic (exact) mass is 362 g/mol. The number of hydrogen-bond acceptors (Lipinski definition) is 3. The average molecular weight is 363 g/mol. The number of halogens is 4. The van der Waals surface area contributed by atoms with E-state index in [2.05, 4.69) is 10.1 Å². The van der Waals surface area contributed by atoms with Gasteiger partial charge in [0, 0.05) is 10.7 Å². The molecule has 0 saturated heterocycles. The molecule has 2 amide bonds. The quantitative estimate of drug-likeness (QED) is 0.838. The Morgan fingerprint density at radius 3 is 2.54 bits per heavy atom. The molecular weight excluding hydrogens is 349 g/mol. The second-order valence-corrected chi connectivity index (χ2v) is 5.50. The highest BCUT2D eigenvalue weighted by Crippen LogP contribution is 2.35. The Hall–Kier alpha value is -2.22. The molecule has 0 aliphatic carbocycles. The minimum absolute atomic E-state index is 0.102. The van der Waals surface area contributed by atoms with Crippen molar-refractivity contribution in [2.75, 3.05) is 13.7 Å². The summed E-state index contributed by atoms with van der Waals surface area (Å²) in [4.78, 5) is 24.7. The number of nitrogens with one attached hydrogen (secondary N) is 1. The van der Waals surface area contributed by atoms with E-state index in [0.29, 0.717) is 10.5 Å². The van der Waals surface area contributed by atoms with Crippen LogP contribution in [0.2, 0.25) is 5.02 Å². The van der Waals surface area contributed by atoms with Gasteiger partial charge in [0.25, 0.3) is 0 Å². The number of methoxy groups -OCH3 is 1. The van der Waals surface area contributed by atoms with E-state index in [1.165, 1.54) is 6.92 Å². The summed E-state index contributed by atoms with van der Waals surface area (Å²) in [7, 11) is 1.11. The Labute approximate surface area is 141 Å². The third kappa shape index (κ3) is 3.64. The second kappa shape index (κ2) is 6.72. The van der Waals surface area contributed by atoms with Gasteiger partial charge in [-0.1, -0.05) is 29.8 Å². The molecule has 0 aromatic heterocycles. The smallest absolute Gasteiger partial charge is 0.406 e. The molecule has 24 heavy (non-hydrogen) atoms. The SMILES string of the molecule is COC(=O)C1=C(C)N(CC(F)(F)F)C(=O)N[C@@H]1c1ccccc1Cl. The zero-order valence-corrected chi connectivity index (χ0v) is 13.5. The molecule has 0 bridgehead atoms. The van der Waals surface area contributed by atoms with Crippen molar-refractivity contribution in [3.63, 3.8) is 0 Å². The van der Waals surface area contributed by atoms with E-state index in [1.807, 2.05) is 0 Å². The maximum atomic E-state index is 12.7. The lowest BCUT2D eigenvalue weighted by molar-refractivity contribution is -0.140. The van der Waals surface area contributed by atoms with Crippen LogP contribution < -0.4 is 5.32 Å². The first-order chi connectivity index (χ1) is 11.2. The summed E-state index contributed by atoms with van der Waals surface area (Å²) in [6.45, 7) is -0.249. The fourth-order valence-corrected chi connectivity index (χ4v) is 2.71. The largest absolute Gasteiger partial charge is 0.466 e. The number of carbonyl (C=O) groups is 2. The maximum absolute atomic E-state index is 12.7. The van der Waals surface area contributed by atoms with Gasteiger partial charge in [0.1, 0.15) is 6.54 Å². The first kappa shape index (κ1) is 18.1. The van der Waals surface area contributed by atoms with Gasteiger partial charge >= 0.3 is 18.2 Å². The van der Waals surface area contributed by atoms with Gasteiger partial charge in [-0.25, -0.2) is 9.59 Å². The number of hydrogen-bond donors (Lipinski definition) is 1. The highest BCUT2D eigenvalue weighted by atomic mass is 35.5. The van der Waals surface area contributed by atoms with Crippen LogP contribution in [0.15, 0.2) is 35.5 Å². The first-order valence-corrected chi connectivity index (χ1v) is 7.21. The average Bonchev–Trinajstić information content (AvgIpc) is 2.50. The standard InChI is InChI=1S/C15H14ClF3N2O3/c1-8-11(13(22)24-2)12(9-5-3-4-6-10(9)16)20-14(23)21(8)7-15(17,18)19/h3-6,12H,7H2,1-2H3,(H,20,23)/t12-/m1/s1. The maximum Gasteiger partial charge on any atom is 0.406 e. The minimum atomic E-state index is -4.61. The van der Waals surface area contributed by atoms with Crippen LogP contribution in [0.5, 0.6) is 0 Å². The van der Waals surface area contributed by atoms with Crippen molar-refractivity contribution >= 4 is 23.6 Å². The van der Waals surface area contributed by atoms with Crippen molar-refractivity contribution in [2.45, 2.75) is 19.1 Å². The number of ether oxygens (including phenoxy) is 1. The van der Waals surface area contributed by atoms with Crippen molar-refractivity contribution in [1.29, 1.82) is 0 Å². The zero-order chi connectivity index (χ0) is 18.1. The molecule has 1 atom stereocenters. The molecule has 130 valence electrons. The molecule has 1 aliphatic rings. The Bertz CT molecular complexity index is 703. The van der Waals surface area contributed by atoms with E-state index in [9.17, 15) is 22.8 Å². The third-order valence-electron chi connectivity index (χ3n) is 3.56. The van der Waals surface area contributed by atoms with Crippen LogP contribution in [-0.4, -0.2) is 36.7 Å². The van der Waals surface area contributed by atoms with E-state index < -0.39 is 30.8 Å². The van der Waals surface area contributed by atoms with Crippen molar-refractivity contribution < 1.29 is 27.5 Å². The van der Waals surface area contributed by atoms with Crippen LogP contribution in [0, 0.1) is 0 Å². The number of allylic oxidation sites excluding steroid dienone is 1. The lowest BCUT2D eigenvalue weighted by atomic mass is 9.95. The fourth-order valence-electron chi connectivity index (χ4n) is 2.47. The summed E-state index contributed by atoms with van der Waals surface area (Å²) < 4.78 is 42.8. The van der Waals surface area contributed by atoms with Gasteiger partial charge in [0.05, 0.1) is 18.7 Å². The van der Waals surface area contributed by atoms with Gasteiger partial charge < -0.3 is 10.1 Å². The summed E-state index contributed by atoms with van der Waals surface area (Å²) in [5.74, 6) is -0.843. The molecule has 1 heterocycles. The lowest BCUT2D eigenvalue weighted by Crippen LogP contribution is -2.50. The topological polar surface area (TPSA) is 58.6 Å². The molecule has 1 aromatic carbocycles. The van der Waals surface area contributed by atoms with Crippen LogP contribution in [-0.2, 0) is 9.53 Å². The Morgan fingerprint density at radius 1 is 1.38 bits per heavy atom. The van der Waals surface area contributed by atoms with Gasteiger partial charge in [-0.2, -0.15) is 13.2 Å². The van der Waals surface area contributed by atoms with Gasteiger partial charge in [-0.15, -0.1) is 0 Å². The van der Waals surface area contributed by atoms with E-state index in [0.717, 1.165) is 7.11 Å². The van der Waals surface area contributed by atoms with Crippen LogP contribution in [0.3, 0.4) is 0 Å². The predicted octanol–water partition coefficient (Wildman–Crippen LogP) is 3.42. The Morgan fingerprint density at radius 2 is 2.00 bits per heavy atom. The first-order valence-electron chi connectivity index (χ1n) is 6.84. The molecule has 0 radical (unpaired) electrons. The normalized spacial score (nSPS) is 18.5. The highest BCUT2D eigenvalue weighted by Gasteiger charge is 2.41. The number of benzene rings is 1. The second-order valence-electron chi connectivity index (χ2n) is 5.10. The molecule has 2 rings (SSSR count). The molecule has 1 aromatic rings. The molecule has 0 saturated carbocycles. The van der Waals surface area contributed by atoms with Crippen molar-refractivity contribution in [3.8, 4) is 0 Å². The predicted molar refractivity (Wildman–Crippen MR) is 80.2 cm³/mol. The molecule has 1 N–H and O–H groups in total. The number of nitrogens with zero attached hydrogens (tertiary/aromatic N) is 1. The van der Waals surface area contributed by atoms with Crippen LogP contribution >= 0.6 is 11.6 Å². The lowest BCUT2D eigenvalue weighted by Gasteiger charge is -2.35. The third-order valence-corrected chi connectivity index (χ3v) is 3.90.